The van der Waals surface area contributed by atoms with Crippen molar-refractivity contribution in [2.75, 3.05) is 12.5 Å². The molecule has 1 rings (SSSR count). The molecule has 0 amide bonds. The van der Waals surface area contributed by atoms with Gasteiger partial charge in [-0.15, -0.1) is 11.6 Å². The van der Waals surface area contributed by atoms with Gasteiger partial charge < -0.3 is 9.47 Å². The maximum Gasteiger partial charge on any atom is 0.171 e. The van der Waals surface area contributed by atoms with E-state index in [1.165, 1.54) is 0 Å². The molecule has 1 aliphatic heterocycles. The maximum absolute atomic E-state index is 5.57. The van der Waals surface area contributed by atoms with Crippen molar-refractivity contribution in [2.45, 2.75) is 33.2 Å². The minimum absolute atomic E-state index is 0.154. The van der Waals surface area contributed by atoms with E-state index in [1.54, 1.807) is 0 Å². The largest absolute Gasteiger partial charge is 0.349 e. The van der Waals surface area contributed by atoms with Crippen LogP contribution in [-0.2, 0) is 9.47 Å². The van der Waals surface area contributed by atoms with Crippen molar-refractivity contribution in [2.24, 2.45) is 5.41 Å². The van der Waals surface area contributed by atoms with Crippen LogP contribution in [0, 0.1) is 5.41 Å². The third-order valence-corrected chi connectivity index (χ3v) is 2.09. The summed E-state index contributed by atoms with van der Waals surface area (Å²) in [6.45, 7) is 7.08. The normalized spacial score (nSPS) is 32.7. The second-order valence-corrected chi connectivity index (χ2v) is 4.22. The van der Waals surface area contributed by atoms with Crippen LogP contribution in [0.4, 0.5) is 0 Å². The molecule has 66 valence electrons. The molecule has 0 aromatic rings. The third-order valence-electron chi connectivity index (χ3n) is 1.84. The van der Waals surface area contributed by atoms with Gasteiger partial charge in [0.05, 0.1) is 18.6 Å². The monoisotopic (exact) mass is 178 g/mol. The molecule has 2 atom stereocenters. The van der Waals surface area contributed by atoms with Crippen LogP contribution in [-0.4, -0.2) is 24.9 Å². The van der Waals surface area contributed by atoms with Crippen LogP contribution in [0.1, 0.15) is 20.8 Å². The summed E-state index contributed by atoms with van der Waals surface area (Å²) in [4.78, 5) is 0. The third kappa shape index (κ3) is 2.32. The SMILES string of the molecule is CC(C)(C)C1COC(CCl)O1. The molecule has 1 fully saturated rings. The van der Waals surface area contributed by atoms with E-state index >= 15 is 0 Å². The highest BCUT2D eigenvalue weighted by molar-refractivity contribution is 6.18. The predicted molar refractivity (Wildman–Crippen MR) is 44.8 cm³/mol. The van der Waals surface area contributed by atoms with Crippen LogP contribution in [0.25, 0.3) is 0 Å². The number of hydrogen-bond donors (Lipinski definition) is 0. The fourth-order valence-electron chi connectivity index (χ4n) is 0.992. The summed E-state index contributed by atoms with van der Waals surface area (Å²) in [5.74, 6) is 0.423. The first-order valence-electron chi connectivity index (χ1n) is 3.87. The van der Waals surface area contributed by atoms with Crippen LogP contribution in [0.3, 0.4) is 0 Å². The van der Waals surface area contributed by atoms with Gasteiger partial charge in [-0.3, -0.25) is 0 Å². The second-order valence-electron chi connectivity index (χ2n) is 3.91. The summed E-state index contributed by atoms with van der Waals surface area (Å²) in [5.41, 5.74) is 0.154. The lowest BCUT2D eigenvalue weighted by atomic mass is 9.90. The topological polar surface area (TPSA) is 18.5 Å². The number of halogens is 1. The van der Waals surface area contributed by atoms with Crippen molar-refractivity contribution in [1.82, 2.24) is 0 Å². The van der Waals surface area contributed by atoms with Gasteiger partial charge in [-0.25, -0.2) is 0 Å². The first-order valence-corrected chi connectivity index (χ1v) is 4.40. The molecule has 11 heavy (non-hydrogen) atoms. The highest BCUT2D eigenvalue weighted by atomic mass is 35.5. The summed E-state index contributed by atoms with van der Waals surface area (Å²) >= 11 is 5.57. The van der Waals surface area contributed by atoms with E-state index in [2.05, 4.69) is 20.8 Å². The fourth-order valence-corrected chi connectivity index (χ4v) is 1.15. The zero-order valence-corrected chi connectivity index (χ0v) is 8.02. The van der Waals surface area contributed by atoms with Crippen molar-refractivity contribution < 1.29 is 9.47 Å². The second kappa shape index (κ2) is 3.30. The Kier molecular flexibility index (Phi) is 2.79. The van der Waals surface area contributed by atoms with Gasteiger partial charge in [-0.1, -0.05) is 20.8 Å². The molecule has 0 saturated carbocycles. The molecule has 0 aromatic heterocycles. The smallest absolute Gasteiger partial charge is 0.171 e. The van der Waals surface area contributed by atoms with Gasteiger partial charge in [-0.05, 0) is 5.41 Å². The zero-order chi connectivity index (χ0) is 8.48. The number of hydrogen-bond acceptors (Lipinski definition) is 2. The Morgan fingerprint density at radius 2 is 2.09 bits per heavy atom. The Balaban J connectivity index is 2.42. The van der Waals surface area contributed by atoms with Crippen molar-refractivity contribution in [1.29, 1.82) is 0 Å². The van der Waals surface area contributed by atoms with E-state index in [9.17, 15) is 0 Å². The van der Waals surface area contributed by atoms with Crippen molar-refractivity contribution in [3.63, 3.8) is 0 Å². The molecular formula is C8H15ClO2. The summed E-state index contributed by atoms with van der Waals surface area (Å²) < 4.78 is 10.8. The Bertz CT molecular complexity index is 131. The fraction of sp³-hybridized carbons (Fsp3) is 1.00. The van der Waals surface area contributed by atoms with Crippen molar-refractivity contribution in [3.05, 3.63) is 0 Å². The number of ether oxygens (including phenoxy) is 2. The average Bonchev–Trinajstić information content (AvgIpc) is 2.32. The highest BCUT2D eigenvalue weighted by Gasteiger charge is 2.34. The maximum atomic E-state index is 5.57. The van der Waals surface area contributed by atoms with Gasteiger partial charge in [0.15, 0.2) is 6.29 Å². The van der Waals surface area contributed by atoms with Crippen molar-refractivity contribution >= 4 is 11.6 Å². The minimum Gasteiger partial charge on any atom is -0.349 e. The molecule has 1 saturated heterocycles. The Morgan fingerprint density at radius 3 is 2.36 bits per heavy atom. The average molecular weight is 179 g/mol. The number of rotatable bonds is 1. The Labute approximate surface area is 72.8 Å². The van der Waals surface area contributed by atoms with E-state index in [0.29, 0.717) is 12.5 Å². The molecular weight excluding hydrogens is 164 g/mol. The standard InChI is InChI=1S/C8H15ClO2/c1-8(2,3)6-5-10-7(4-9)11-6/h6-7H,4-5H2,1-3H3. The van der Waals surface area contributed by atoms with E-state index in [4.69, 9.17) is 21.1 Å². The number of alkyl halides is 1. The molecule has 1 heterocycles. The molecule has 2 nitrogen and oxygen atoms in total. The van der Waals surface area contributed by atoms with Crippen LogP contribution >= 0.6 is 11.6 Å². The molecule has 0 aromatic carbocycles. The van der Waals surface area contributed by atoms with Gasteiger partial charge >= 0.3 is 0 Å². The van der Waals surface area contributed by atoms with Crippen LogP contribution < -0.4 is 0 Å². The molecule has 0 bridgehead atoms. The lowest BCUT2D eigenvalue weighted by Crippen LogP contribution is -2.28. The summed E-state index contributed by atoms with van der Waals surface area (Å²) in [7, 11) is 0. The Hall–Kier alpha value is 0.210. The molecule has 3 heteroatoms. The van der Waals surface area contributed by atoms with Gasteiger partial charge in [0, 0.05) is 0 Å². The molecule has 0 spiro atoms. The zero-order valence-electron chi connectivity index (χ0n) is 7.26. The van der Waals surface area contributed by atoms with Crippen LogP contribution in [0.15, 0.2) is 0 Å². The molecule has 2 unspecified atom stereocenters. The first-order chi connectivity index (χ1) is 5.04. The van der Waals surface area contributed by atoms with Gasteiger partial charge in [0.1, 0.15) is 0 Å². The lowest BCUT2D eigenvalue weighted by Gasteiger charge is -2.24. The van der Waals surface area contributed by atoms with Crippen LogP contribution in [0.5, 0.6) is 0 Å². The summed E-state index contributed by atoms with van der Waals surface area (Å²) in [6, 6.07) is 0. The van der Waals surface area contributed by atoms with Gasteiger partial charge in [-0.2, -0.15) is 0 Å². The van der Waals surface area contributed by atoms with Gasteiger partial charge in [0.2, 0.25) is 0 Å². The van der Waals surface area contributed by atoms with E-state index < -0.39 is 0 Å². The molecule has 0 N–H and O–H groups in total. The first kappa shape index (κ1) is 9.30. The molecule has 1 aliphatic rings. The summed E-state index contributed by atoms with van der Waals surface area (Å²) in [6.07, 6.45) is -0.00728. The lowest BCUT2D eigenvalue weighted by molar-refractivity contribution is -0.0599. The van der Waals surface area contributed by atoms with Gasteiger partial charge in [0.25, 0.3) is 0 Å². The minimum atomic E-state index is -0.194. The Morgan fingerprint density at radius 1 is 1.45 bits per heavy atom. The van der Waals surface area contributed by atoms with E-state index in [0.717, 1.165) is 0 Å². The van der Waals surface area contributed by atoms with Crippen molar-refractivity contribution in [3.8, 4) is 0 Å². The quantitative estimate of drug-likeness (QED) is 0.572. The molecule has 0 aliphatic carbocycles. The molecule has 0 radical (unpaired) electrons. The van der Waals surface area contributed by atoms with E-state index in [-0.39, 0.29) is 17.8 Å². The van der Waals surface area contributed by atoms with E-state index in [1.807, 2.05) is 0 Å². The predicted octanol–water partition coefficient (Wildman–Crippen LogP) is 2.01. The highest BCUT2D eigenvalue weighted by Crippen LogP contribution is 2.28. The van der Waals surface area contributed by atoms with Crippen LogP contribution in [0.2, 0.25) is 0 Å². The summed E-state index contributed by atoms with van der Waals surface area (Å²) in [5, 5.41) is 0.